The molecule has 4 rings (SSSR count). The zero-order valence-corrected chi connectivity index (χ0v) is 14.2. The van der Waals surface area contributed by atoms with Crippen LogP contribution in [0.1, 0.15) is 22.6 Å². The van der Waals surface area contributed by atoms with E-state index in [1.165, 1.54) is 25.3 Å². The SMILES string of the molecule is Cc1cccn2c(CC(=O)N(Cc3cocn3)Cc3cocn3)cnc12. The van der Waals surface area contributed by atoms with Gasteiger partial charge in [0.2, 0.25) is 5.91 Å². The number of aromatic nitrogens is 4. The Bertz CT molecular complexity index is 969. The van der Waals surface area contributed by atoms with Gasteiger partial charge in [-0.2, -0.15) is 0 Å². The van der Waals surface area contributed by atoms with Gasteiger partial charge in [0.15, 0.2) is 12.8 Å². The Morgan fingerprint density at radius 1 is 1.12 bits per heavy atom. The number of oxazole rings is 2. The highest BCUT2D eigenvalue weighted by molar-refractivity contribution is 5.78. The van der Waals surface area contributed by atoms with Crippen LogP contribution in [0.25, 0.3) is 5.65 Å². The molecule has 0 N–H and O–H groups in total. The van der Waals surface area contributed by atoms with Crippen molar-refractivity contribution in [1.29, 1.82) is 0 Å². The number of amides is 1. The molecule has 8 nitrogen and oxygen atoms in total. The van der Waals surface area contributed by atoms with Crippen molar-refractivity contribution in [3.05, 3.63) is 72.5 Å². The third kappa shape index (κ3) is 3.21. The molecule has 0 atom stereocenters. The Hall–Kier alpha value is -3.42. The molecule has 0 aromatic carbocycles. The van der Waals surface area contributed by atoms with Gasteiger partial charge < -0.3 is 18.1 Å². The first-order valence-corrected chi connectivity index (χ1v) is 8.14. The molecule has 0 saturated carbocycles. The van der Waals surface area contributed by atoms with E-state index < -0.39 is 0 Å². The highest BCUT2D eigenvalue weighted by Crippen LogP contribution is 2.14. The molecule has 0 bridgehead atoms. The number of nitrogens with zero attached hydrogens (tertiary/aromatic N) is 5. The standard InChI is InChI=1S/C18H17N5O3/c1-13-3-2-4-23-16(6-19-18(13)23)5-17(24)22(7-14-9-25-11-20-14)8-15-10-26-12-21-15/h2-4,6,9-12H,5,7-8H2,1H3. The number of carbonyl (C=O) groups excluding carboxylic acids is 1. The van der Waals surface area contributed by atoms with Gasteiger partial charge in [-0.1, -0.05) is 6.07 Å². The number of rotatable bonds is 6. The maximum Gasteiger partial charge on any atom is 0.229 e. The maximum atomic E-state index is 13.0. The first-order chi connectivity index (χ1) is 12.7. The van der Waals surface area contributed by atoms with Gasteiger partial charge in [0.05, 0.1) is 36.6 Å². The Kier molecular flexibility index (Phi) is 4.22. The summed E-state index contributed by atoms with van der Waals surface area (Å²) in [6.45, 7) is 2.66. The molecule has 26 heavy (non-hydrogen) atoms. The zero-order chi connectivity index (χ0) is 17.9. The van der Waals surface area contributed by atoms with Gasteiger partial charge in [-0.25, -0.2) is 15.0 Å². The van der Waals surface area contributed by atoms with Crippen LogP contribution in [0.4, 0.5) is 0 Å². The Morgan fingerprint density at radius 2 is 1.81 bits per heavy atom. The van der Waals surface area contributed by atoms with Gasteiger partial charge in [0.1, 0.15) is 18.2 Å². The van der Waals surface area contributed by atoms with E-state index in [2.05, 4.69) is 15.0 Å². The molecule has 0 fully saturated rings. The number of pyridine rings is 1. The largest absolute Gasteiger partial charge is 0.451 e. The summed E-state index contributed by atoms with van der Waals surface area (Å²) in [5.41, 5.74) is 4.11. The predicted molar refractivity (Wildman–Crippen MR) is 90.9 cm³/mol. The third-order valence-corrected chi connectivity index (χ3v) is 4.17. The number of fused-ring (bicyclic) bond motifs is 1. The molecule has 4 aromatic heterocycles. The normalized spacial score (nSPS) is 11.1. The maximum absolute atomic E-state index is 13.0. The average molecular weight is 351 g/mol. The summed E-state index contributed by atoms with van der Waals surface area (Å²) in [6, 6.07) is 3.94. The lowest BCUT2D eigenvalue weighted by molar-refractivity contribution is -0.131. The van der Waals surface area contributed by atoms with Crippen LogP contribution in [0, 0.1) is 6.92 Å². The van der Waals surface area contributed by atoms with Gasteiger partial charge in [-0.15, -0.1) is 0 Å². The van der Waals surface area contributed by atoms with E-state index in [9.17, 15) is 4.79 Å². The summed E-state index contributed by atoms with van der Waals surface area (Å²) < 4.78 is 12.0. The monoisotopic (exact) mass is 351 g/mol. The van der Waals surface area contributed by atoms with Crippen LogP contribution in [0.2, 0.25) is 0 Å². The first kappa shape index (κ1) is 16.1. The van der Waals surface area contributed by atoms with Crippen molar-refractivity contribution >= 4 is 11.6 Å². The minimum absolute atomic E-state index is 0.0562. The van der Waals surface area contributed by atoms with E-state index in [-0.39, 0.29) is 12.3 Å². The molecule has 0 radical (unpaired) electrons. The Balaban J connectivity index is 1.57. The average Bonchev–Trinajstić information content (AvgIpc) is 3.37. The summed E-state index contributed by atoms with van der Waals surface area (Å²) in [5, 5.41) is 0. The molecule has 8 heteroatoms. The summed E-state index contributed by atoms with van der Waals surface area (Å²) in [4.78, 5) is 27.3. The topological polar surface area (TPSA) is 89.7 Å². The van der Waals surface area contributed by atoms with Crippen molar-refractivity contribution in [3.8, 4) is 0 Å². The van der Waals surface area contributed by atoms with Gasteiger partial charge in [0, 0.05) is 12.4 Å². The number of imidazole rings is 1. The molecule has 0 aliphatic heterocycles. The molecule has 0 aliphatic rings. The molecule has 0 unspecified atom stereocenters. The number of hydrogen-bond donors (Lipinski definition) is 0. The van der Waals surface area contributed by atoms with E-state index in [1.54, 1.807) is 11.1 Å². The smallest absolute Gasteiger partial charge is 0.229 e. The molecule has 0 saturated heterocycles. The van der Waals surface area contributed by atoms with Gasteiger partial charge in [-0.05, 0) is 18.6 Å². The van der Waals surface area contributed by atoms with Gasteiger partial charge >= 0.3 is 0 Å². The fraction of sp³-hybridized carbons (Fsp3) is 0.222. The Morgan fingerprint density at radius 3 is 2.42 bits per heavy atom. The van der Waals surface area contributed by atoms with Gasteiger partial charge in [-0.3, -0.25) is 4.79 Å². The minimum atomic E-state index is -0.0562. The highest BCUT2D eigenvalue weighted by Gasteiger charge is 2.19. The molecule has 132 valence electrons. The molecule has 0 aliphatic carbocycles. The van der Waals surface area contributed by atoms with Crippen LogP contribution in [0.15, 0.2) is 58.7 Å². The fourth-order valence-electron chi connectivity index (χ4n) is 2.85. The van der Waals surface area contributed by atoms with Crippen molar-refractivity contribution in [3.63, 3.8) is 0 Å². The van der Waals surface area contributed by atoms with Crippen molar-refractivity contribution in [1.82, 2.24) is 24.3 Å². The lowest BCUT2D eigenvalue weighted by atomic mass is 10.2. The van der Waals surface area contributed by atoms with Crippen LogP contribution in [0.5, 0.6) is 0 Å². The summed E-state index contributed by atoms with van der Waals surface area (Å²) >= 11 is 0. The number of carbonyl (C=O) groups is 1. The van der Waals surface area contributed by atoms with E-state index in [0.717, 1.165) is 16.9 Å². The zero-order valence-electron chi connectivity index (χ0n) is 14.2. The van der Waals surface area contributed by atoms with Crippen molar-refractivity contribution in [2.24, 2.45) is 0 Å². The van der Waals surface area contributed by atoms with Crippen molar-refractivity contribution in [2.45, 2.75) is 26.4 Å². The second kappa shape index (κ2) is 6.83. The van der Waals surface area contributed by atoms with Crippen molar-refractivity contribution < 1.29 is 13.6 Å². The minimum Gasteiger partial charge on any atom is -0.451 e. The Labute approximate surface area is 149 Å². The molecule has 1 amide bonds. The summed E-state index contributed by atoms with van der Waals surface area (Å²) in [6.07, 6.45) is 9.63. The second-order valence-electron chi connectivity index (χ2n) is 6.02. The molecule has 0 spiro atoms. The van der Waals surface area contributed by atoms with Crippen LogP contribution < -0.4 is 0 Å². The van der Waals surface area contributed by atoms with Crippen molar-refractivity contribution in [2.75, 3.05) is 0 Å². The van der Waals surface area contributed by atoms with Crippen LogP contribution >= 0.6 is 0 Å². The highest BCUT2D eigenvalue weighted by atomic mass is 16.3. The van der Waals surface area contributed by atoms with E-state index in [1.807, 2.05) is 29.7 Å². The van der Waals surface area contributed by atoms with Crippen LogP contribution in [0.3, 0.4) is 0 Å². The lowest BCUT2D eigenvalue weighted by Crippen LogP contribution is -2.32. The third-order valence-electron chi connectivity index (χ3n) is 4.17. The molecule has 4 heterocycles. The molecular weight excluding hydrogens is 334 g/mol. The van der Waals surface area contributed by atoms with E-state index >= 15 is 0 Å². The quantitative estimate of drug-likeness (QED) is 0.530. The van der Waals surface area contributed by atoms with Gasteiger partial charge in [0.25, 0.3) is 0 Å². The number of aryl methyl sites for hydroxylation is 1. The van der Waals surface area contributed by atoms with E-state index in [4.69, 9.17) is 8.83 Å². The van der Waals surface area contributed by atoms with Crippen LogP contribution in [-0.4, -0.2) is 30.2 Å². The molecule has 4 aromatic rings. The lowest BCUT2D eigenvalue weighted by Gasteiger charge is -2.20. The number of hydrogen-bond acceptors (Lipinski definition) is 6. The van der Waals surface area contributed by atoms with Crippen LogP contribution in [-0.2, 0) is 24.3 Å². The van der Waals surface area contributed by atoms with E-state index in [0.29, 0.717) is 24.5 Å². The molecular formula is C18H17N5O3. The first-order valence-electron chi connectivity index (χ1n) is 8.14. The fourth-order valence-corrected chi connectivity index (χ4v) is 2.85. The summed E-state index contributed by atoms with van der Waals surface area (Å²) in [5.74, 6) is -0.0562. The second-order valence-corrected chi connectivity index (χ2v) is 6.02. The predicted octanol–water partition coefficient (Wildman–Crippen LogP) is 2.39. The summed E-state index contributed by atoms with van der Waals surface area (Å²) in [7, 11) is 0.